The second kappa shape index (κ2) is 10.2. The van der Waals surface area contributed by atoms with Crippen molar-refractivity contribution in [1.82, 2.24) is 14.9 Å². The fourth-order valence-electron chi connectivity index (χ4n) is 3.26. The van der Waals surface area contributed by atoms with Crippen molar-refractivity contribution in [3.8, 4) is 11.4 Å². The standard InChI is InChI=1S/C23H26N4O3S/c1-15-11-16(2)22(17(3)12-15)26-20(28)13-25-21(29)14-31-23-24-9-10-27(23)18-5-7-19(30-4)8-6-18/h5-12H,13-14H2,1-4H3,(H,25,29)(H,26,28). The first-order chi connectivity index (χ1) is 14.9. The Labute approximate surface area is 186 Å². The first-order valence-electron chi connectivity index (χ1n) is 9.82. The lowest BCUT2D eigenvalue weighted by Crippen LogP contribution is -2.34. The molecule has 2 N–H and O–H groups in total. The molecule has 31 heavy (non-hydrogen) atoms. The number of anilines is 1. The van der Waals surface area contributed by atoms with Crippen LogP contribution in [0.4, 0.5) is 5.69 Å². The monoisotopic (exact) mass is 438 g/mol. The summed E-state index contributed by atoms with van der Waals surface area (Å²) < 4.78 is 7.08. The Morgan fingerprint density at radius 2 is 1.74 bits per heavy atom. The molecule has 0 unspecified atom stereocenters. The third kappa shape index (κ3) is 5.88. The van der Waals surface area contributed by atoms with Crippen molar-refractivity contribution in [2.24, 2.45) is 0 Å². The lowest BCUT2D eigenvalue weighted by Gasteiger charge is -2.13. The summed E-state index contributed by atoms with van der Waals surface area (Å²) in [7, 11) is 1.62. The molecule has 8 heteroatoms. The molecule has 3 rings (SSSR count). The lowest BCUT2D eigenvalue weighted by atomic mass is 10.1. The average Bonchev–Trinajstić information content (AvgIpc) is 3.22. The van der Waals surface area contributed by atoms with Crippen molar-refractivity contribution in [2.45, 2.75) is 25.9 Å². The van der Waals surface area contributed by atoms with Gasteiger partial charge in [-0.1, -0.05) is 29.5 Å². The number of benzene rings is 2. The molecule has 1 heterocycles. The van der Waals surface area contributed by atoms with Crippen LogP contribution in [0.3, 0.4) is 0 Å². The number of amides is 2. The zero-order valence-corrected chi connectivity index (χ0v) is 18.9. The Morgan fingerprint density at radius 1 is 1.06 bits per heavy atom. The summed E-state index contributed by atoms with van der Waals surface area (Å²) in [6, 6.07) is 11.6. The topological polar surface area (TPSA) is 85.2 Å². The Bertz CT molecular complexity index is 1050. The van der Waals surface area contributed by atoms with Crippen LogP contribution in [0.15, 0.2) is 53.9 Å². The summed E-state index contributed by atoms with van der Waals surface area (Å²) in [5, 5.41) is 6.24. The number of nitrogens with one attached hydrogen (secondary N) is 2. The van der Waals surface area contributed by atoms with E-state index in [0.717, 1.165) is 33.8 Å². The van der Waals surface area contributed by atoms with Gasteiger partial charge >= 0.3 is 0 Å². The number of methoxy groups -OCH3 is 1. The smallest absolute Gasteiger partial charge is 0.243 e. The molecule has 1 aromatic heterocycles. The van der Waals surface area contributed by atoms with Crippen LogP contribution in [-0.4, -0.2) is 40.8 Å². The minimum Gasteiger partial charge on any atom is -0.497 e. The maximum atomic E-state index is 12.3. The minimum atomic E-state index is -0.256. The van der Waals surface area contributed by atoms with Gasteiger partial charge in [0, 0.05) is 23.8 Å². The van der Waals surface area contributed by atoms with Crippen molar-refractivity contribution in [3.05, 3.63) is 65.5 Å². The average molecular weight is 439 g/mol. The second-order valence-corrected chi connectivity index (χ2v) is 8.11. The van der Waals surface area contributed by atoms with Crippen LogP contribution >= 0.6 is 11.8 Å². The number of hydrogen-bond acceptors (Lipinski definition) is 5. The van der Waals surface area contributed by atoms with Crippen LogP contribution in [0.1, 0.15) is 16.7 Å². The van der Waals surface area contributed by atoms with Crippen LogP contribution in [0.25, 0.3) is 5.69 Å². The minimum absolute atomic E-state index is 0.0843. The van der Waals surface area contributed by atoms with Gasteiger partial charge in [-0.15, -0.1) is 0 Å². The Morgan fingerprint density at radius 3 is 2.39 bits per heavy atom. The molecule has 2 aromatic carbocycles. The summed E-state index contributed by atoms with van der Waals surface area (Å²) in [6.45, 7) is 5.84. The number of aromatic nitrogens is 2. The maximum Gasteiger partial charge on any atom is 0.243 e. The summed E-state index contributed by atoms with van der Waals surface area (Å²) in [4.78, 5) is 28.8. The number of nitrogens with zero attached hydrogens (tertiary/aromatic N) is 2. The molecule has 0 bridgehead atoms. The van der Waals surface area contributed by atoms with E-state index in [0.29, 0.717) is 5.16 Å². The van der Waals surface area contributed by atoms with Crippen LogP contribution in [0, 0.1) is 20.8 Å². The van der Waals surface area contributed by atoms with E-state index < -0.39 is 0 Å². The van der Waals surface area contributed by atoms with Gasteiger partial charge in [0.05, 0.1) is 19.4 Å². The molecule has 0 atom stereocenters. The van der Waals surface area contributed by atoms with E-state index in [1.807, 2.05) is 67.9 Å². The molecule has 0 aliphatic heterocycles. The second-order valence-electron chi connectivity index (χ2n) is 7.17. The molecule has 0 fully saturated rings. The number of aryl methyl sites for hydroxylation is 3. The van der Waals surface area contributed by atoms with Gasteiger partial charge in [-0.2, -0.15) is 0 Å². The third-order valence-electron chi connectivity index (χ3n) is 4.68. The van der Waals surface area contributed by atoms with Gasteiger partial charge in [-0.05, 0) is 56.2 Å². The molecular formula is C23H26N4O3S. The number of hydrogen-bond donors (Lipinski definition) is 2. The third-order valence-corrected chi connectivity index (χ3v) is 5.64. The molecular weight excluding hydrogens is 412 g/mol. The lowest BCUT2D eigenvalue weighted by molar-refractivity contribution is -0.122. The molecule has 0 saturated heterocycles. The van der Waals surface area contributed by atoms with Gasteiger partial charge < -0.3 is 15.4 Å². The van der Waals surface area contributed by atoms with Gasteiger partial charge in [-0.3, -0.25) is 14.2 Å². The van der Waals surface area contributed by atoms with E-state index in [1.54, 1.807) is 13.3 Å². The highest BCUT2D eigenvalue weighted by Gasteiger charge is 2.12. The highest BCUT2D eigenvalue weighted by Crippen LogP contribution is 2.23. The van der Waals surface area contributed by atoms with E-state index in [9.17, 15) is 9.59 Å². The number of carbonyl (C=O) groups is 2. The Hall–Kier alpha value is -3.26. The Kier molecular flexibility index (Phi) is 7.36. The molecule has 0 aliphatic rings. The van der Waals surface area contributed by atoms with Crippen molar-refractivity contribution >= 4 is 29.3 Å². The molecule has 7 nitrogen and oxygen atoms in total. The van der Waals surface area contributed by atoms with Crippen LogP contribution in [-0.2, 0) is 9.59 Å². The number of thioether (sulfide) groups is 1. The zero-order valence-electron chi connectivity index (χ0n) is 18.1. The van der Waals surface area contributed by atoms with E-state index in [2.05, 4.69) is 15.6 Å². The van der Waals surface area contributed by atoms with Gasteiger partial charge in [0.15, 0.2) is 5.16 Å². The van der Waals surface area contributed by atoms with Crippen molar-refractivity contribution in [1.29, 1.82) is 0 Å². The SMILES string of the molecule is COc1ccc(-n2ccnc2SCC(=O)NCC(=O)Nc2c(C)cc(C)cc2C)cc1. The van der Waals surface area contributed by atoms with E-state index in [4.69, 9.17) is 4.74 Å². The van der Waals surface area contributed by atoms with E-state index in [1.165, 1.54) is 11.8 Å². The number of ether oxygens (including phenoxy) is 1. The summed E-state index contributed by atoms with van der Waals surface area (Å²) in [5.41, 5.74) is 4.85. The molecule has 2 amide bonds. The highest BCUT2D eigenvalue weighted by atomic mass is 32.2. The largest absolute Gasteiger partial charge is 0.497 e. The van der Waals surface area contributed by atoms with E-state index in [-0.39, 0.29) is 24.1 Å². The summed E-state index contributed by atoms with van der Waals surface area (Å²) >= 11 is 1.31. The van der Waals surface area contributed by atoms with Gasteiger partial charge in [-0.25, -0.2) is 4.98 Å². The summed E-state index contributed by atoms with van der Waals surface area (Å²) in [5.74, 6) is 0.435. The van der Waals surface area contributed by atoms with Crippen molar-refractivity contribution in [3.63, 3.8) is 0 Å². The fraction of sp³-hybridized carbons (Fsp3) is 0.261. The van der Waals surface area contributed by atoms with Gasteiger partial charge in [0.25, 0.3) is 0 Å². The van der Waals surface area contributed by atoms with Crippen LogP contribution < -0.4 is 15.4 Å². The predicted octanol–water partition coefficient (Wildman–Crippen LogP) is 3.65. The first-order valence-corrected chi connectivity index (χ1v) is 10.8. The number of carbonyl (C=O) groups excluding carboxylic acids is 2. The molecule has 0 radical (unpaired) electrons. The normalized spacial score (nSPS) is 10.6. The molecule has 0 aliphatic carbocycles. The van der Waals surface area contributed by atoms with Gasteiger partial charge in [0.1, 0.15) is 5.75 Å². The first kappa shape index (κ1) is 22.4. The van der Waals surface area contributed by atoms with Crippen molar-refractivity contribution in [2.75, 3.05) is 24.7 Å². The van der Waals surface area contributed by atoms with Crippen LogP contribution in [0.5, 0.6) is 5.75 Å². The van der Waals surface area contributed by atoms with E-state index >= 15 is 0 Å². The zero-order chi connectivity index (χ0) is 22.4. The molecule has 0 spiro atoms. The number of imidazole rings is 1. The van der Waals surface area contributed by atoms with Crippen LogP contribution in [0.2, 0.25) is 0 Å². The molecule has 3 aromatic rings. The molecule has 0 saturated carbocycles. The Balaban J connectivity index is 1.51. The predicted molar refractivity (Wildman–Crippen MR) is 123 cm³/mol. The van der Waals surface area contributed by atoms with Crippen molar-refractivity contribution < 1.29 is 14.3 Å². The number of rotatable bonds is 8. The van der Waals surface area contributed by atoms with Gasteiger partial charge in [0.2, 0.25) is 11.8 Å². The summed E-state index contributed by atoms with van der Waals surface area (Å²) in [6.07, 6.45) is 3.52. The fourth-order valence-corrected chi connectivity index (χ4v) is 4.06. The quantitative estimate of drug-likeness (QED) is 0.525. The maximum absolute atomic E-state index is 12.3. The highest BCUT2D eigenvalue weighted by molar-refractivity contribution is 7.99. The molecule has 162 valence electrons.